The predicted octanol–water partition coefficient (Wildman–Crippen LogP) is 0.274. The summed E-state index contributed by atoms with van der Waals surface area (Å²) >= 11 is 0. The molecular formula is C15H23N3O3. The van der Waals surface area contributed by atoms with Crippen LogP contribution >= 0.6 is 0 Å². The minimum atomic E-state index is -0.213. The molecule has 1 aliphatic heterocycles. The van der Waals surface area contributed by atoms with Crippen molar-refractivity contribution in [2.75, 3.05) is 26.2 Å². The standard InChI is InChI=1S/C15H23N3O3/c1-18-9-5-12(11-14(18)19)15(20)17-6-2-10-21-13-3-7-16-8-4-13/h5,9,11,13,16H,2-4,6-8,10H2,1H3,(H,17,20). The Morgan fingerprint density at radius 2 is 2.24 bits per heavy atom. The number of ether oxygens (including phenoxy) is 1. The molecule has 0 spiro atoms. The molecule has 1 fully saturated rings. The topological polar surface area (TPSA) is 72.4 Å². The molecule has 2 heterocycles. The van der Waals surface area contributed by atoms with Crippen LogP contribution < -0.4 is 16.2 Å². The molecule has 116 valence electrons. The lowest BCUT2D eigenvalue weighted by Gasteiger charge is -2.22. The highest BCUT2D eigenvalue weighted by Gasteiger charge is 2.12. The van der Waals surface area contributed by atoms with Crippen LogP contribution in [0.2, 0.25) is 0 Å². The van der Waals surface area contributed by atoms with Crippen LogP contribution in [0.15, 0.2) is 23.1 Å². The third-order valence-electron chi connectivity index (χ3n) is 3.61. The second kappa shape index (κ2) is 7.95. The van der Waals surface area contributed by atoms with Gasteiger partial charge in [-0.2, -0.15) is 0 Å². The van der Waals surface area contributed by atoms with E-state index in [1.165, 1.54) is 10.6 Å². The Balaban J connectivity index is 1.64. The molecule has 21 heavy (non-hydrogen) atoms. The summed E-state index contributed by atoms with van der Waals surface area (Å²) in [5.41, 5.74) is 0.217. The summed E-state index contributed by atoms with van der Waals surface area (Å²) < 4.78 is 7.19. The lowest BCUT2D eigenvalue weighted by molar-refractivity contribution is 0.0318. The highest BCUT2D eigenvalue weighted by molar-refractivity contribution is 5.93. The quantitative estimate of drug-likeness (QED) is 0.739. The van der Waals surface area contributed by atoms with Gasteiger partial charge in [0.05, 0.1) is 6.10 Å². The highest BCUT2D eigenvalue weighted by Crippen LogP contribution is 2.07. The summed E-state index contributed by atoms with van der Waals surface area (Å²) in [6, 6.07) is 2.99. The SMILES string of the molecule is Cn1ccc(C(=O)NCCCOC2CCNCC2)cc1=O. The Morgan fingerprint density at radius 1 is 1.48 bits per heavy atom. The van der Waals surface area contributed by atoms with Gasteiger partial charge in [0, 0.05) is 38.0 Å². The number of aromatic nitrogens is 1. The van der Waals surface area contributed by atoms with Crippen molar-refractivity contribution >= 4 is 5.91 Å². The van der Waals surface area contributed by atoms with Gasteiger partial charge in [0.15, 0.2) is 0 Å². The first-order chi connectivity index (χ1) is 10.2. The zero-order valence-corrected chi connectivity index (χ0v) is 12.4. The third-order valence-corrected chi connectivity index (χ3v) is 3.61. The Hall–Kier alpha value is -1.66. The average Bonchev–Trinajstić information content (AvgIpc) is 2.50. The number of aryl methyl sites for hydroxylation is 1. The van der Waals surface area contributed by atoms with Gasteiger partial charge in [-0.3, -0.25) is 9.59 Å². The Bertz CT molecular complexity index is 521. The molecule has 6 nitrogen and oxygen atoms in total. The molecule has 0 bridgehead atoms. The van der Waals surface area contributed by atoms with Gasteiger partial charge >= 0.3 is 0 Å². The van der Waals surface area contributed by atoms with Crippen molar-refractivity contribution in [3.05, 3.63) is 34.2 Å². The molecule has 2 N–H and O–H groups in total. The largest absolute Gasteiger partial charge is 0.378 e. The first kappa shape index (κ1) is 15.7. The van der Waals surface area contributed by atoms with Crippen molar-refractivity contribution in [1.29, 1.82) is 0 Å². The molecule has 2 rings (SSSR count). The fraction of sp³-hybridized carbons (Fsp3) is 0.600. The van der Waals surface area contributed by atoms with Gasteiger partial charge in [-0.1, -0.05) is 0 Å². The van der Waals surface area contributed by atoms with Crippen LogP contribution in [-0.4, -0.2) is 42.8 Å². The molecule has 1 aromatic rings. The monoisotopic (exact) mass is 293 g/mol. The van der Waals surface area contributed by atoms with Crippen molar-refractivity contribution in [3.63, 3.8) is 0 Å². The number of rotatable bonds is 6. The zero-order chi connectivity index (χ0) is 15.1. The summed E-state index contributed by atoms with van der Waals surface area (Å²) in [5, 5.41) is 6.10. The number of carbonyl (C=O) groups is 1. The van der Waals surface area contributed by atoms with E-state index < -0.39 is 0 Å². The molecule has 1 aliphatic rings. The summed E-state index contributed by atoms with van der Waals surface area (Å²) in [4.78, 5) is 23.3. The van der Waals surface area contributed by atoms with Gasteiger partial charge in [-0.05, 0) is 38.4 Å². The molecule has 0 unspecified atom stereocenters. The van der Waals surface area contributed by atoms with E-state index in [0.29, 0.717) is 24.8 Å². The minimum absolute atomic E-state index is 0.183. The van der Waals surface area contributed by atoms with E-state index in [1.807, 2.05) is 0 Å². The lowest BCUT2D eigenvalue weighted by atomic mass is 10.1. The molecule has 0 aliphatic carbocycles. The molecule has 0 saturated carbocycles. The van der Waals surface area contributed by atoms with Gasteiger partial charge in [0.1, 0.15) is 0 Å². The smallest absolute Gasteiger partial charge is 0.251 e. The third kappa shape index (κ3) is 4.99. The van der Waals surface area contributed by atoms with Crippen LogP contribution in [0.4, 0.5) is 0 Å². The zero-order valence-electron chi connectivity index (χ0n) is 12.4. The number of amides is 1. The summed E-state index contributed by atoms with van der Waals surface area (Å²) in [7, 11) is 1.65. The molecule has 0 atom stereocenters. The summed E-state index contributed by atoms with van der Waals surface area (Å²) in [5.74, 6) is -0.213. The van der Waals surface area contributed by atoms with E-state index in [1.54, 1.807) is 19.3 Å². The van der Waals surface area contributed by atoms with Gasteiger partial charge < -0.3 is 19.9 Å². The van der Waals surface area contributed by atoms with E-state index in [9.17, 15) is 9.59 Å². The Morgan fingerprint density at radius 3 is 2.95 bits per heavy atom. The fourth-order valence-electron chi connectivity index (χ4n) is 2.28. The van der Waals surface area contributed by atoms with E-state index >= 15 is 0 Å². The van der Waals surface area contributed by atoms with Crippen LogP contribution in [-0.2, 0) is 11.8 Å². The van der Waals surface area contributed by atoms with Gasteiger partial charge in [-0.15, -0.1) is 0 Å². The Labute approximate surface area is 124 Å². The van der Waals surface area contributed by atoms with E-state index in [4.69, 9.17) is 4.74 Å². The van der Waals surface area contributed by atoms with Crippen molar-refractivity contribution < 1.29 is 9.53 Å². The second-order valence-corrected chi connectivity index (χ2v) is 5.29. The molecule has 0 aromatic carbocycles. The van der Waals surface area contributed by atoms with Gasteiger partial charge in [0.2, 0.25) is 0 Å². The lowest BCUT2D eigenvalue weighted by Crippen LogP contribution is -2.33. The average molecular weight is 293 g/mol. The number of carbonyl (C=O) groups excluding carboxylic acids is 1. The number of hydrogen-bond acceptors (Lipinski definition) is 4. The summed E-state index contributed by atoms with van der Waals surface area (Å²) in [6.07, 6.45) is 4.83. The van der Waals surface area contributed by atoms with Crippen molar-refractivity contribution in [2.45, 2.75) is 25.4 Å². The van der Waals surface area contributed by atoms with E-state index in [-0.39, 0.29) is 11.5 Å². The molecule has 1 saturated heterocycles. The Kier molecular flexibility index (Phi) is 5.95. The molecular weight excluding hydrogens is 270 g/mol. The van der Waals surface area contributed by atoms with Crippen LogP contribution in [0, 0.1) is 0 Å². The van der Waals surface area contributed by atoms with Crippen molar-refractivity contribution in [2.24, 2.45) is 7.05 Å². The first-order valence-electron chi connectivity index (χ1n) is 7.44. The maximum atomic E-state index is 11.9. The van der Waals surface area contributed by atoms with Crippen LogP contribution in [0.1, 0.15) is 29.6 Å². The molecule has 6 heteroatoms. The number of nitrogens with one attached hydrogen (secondary N) is 2. The van der Waals surface area contributed by atoms with Crippen molar-refractivity contribution in [1.82, 2.24) is 15.2 Å². The number of nitrogens with zero attached hydrogens (tertiary/aromatic N) is 1. The normalized spacial score (nSPS) is 15.9. The van der Waals surface area contributed by atoms with Crippen molar-refractivity contribution in [3.8, 4) is 0 Å². The maximum absolute atomic E-state index is 11.9. The highest BCUT2D eigenvalue weighted by atomic mass is 16.5. The number of piperidine rings is 1. The molecule has 1 amide bonds. The summed E-state index contributed by atoms with van der Waals surface area (Å²) in [6.45, 7) is 3.25. The fourth-order valence-corrected chi connectivity index (χ4v) is 2.28. The van der Waals surface area contributed by atoms with Gasteiger partial charge in [-0.25, -0.2) is 0 Å². The van der Waals surface area contributed by atoms with Crippen LogP contribution in [0.3, 0.4) is 0 Å². The minimum Gasteiger partial charge on any atom is -0.378 e. The predicted molar refractivity (Wildman–Crippen MR) is 80.5 cm³/mol. The van der Waals surface area contributed by atoms with Gasteiger partial charge in [0.25, 0.3) is 11.5 Å². The maximum Gasteiger partial charge on any atom is 0.251 e. The van der Waals surface area contributed by atoms with E-state index in [0.717, 1.165) is 32.4 Å². The number of hydrogen-bond donors (Lipinski definition) is 2. The van der Waals surface area contributed by atoms with Crippen LogP contribution in [0.25, 0.3) is 0 Å². The number of pyridine rings is 1. The second-order valence-electron chi connectivity index (χ2n) is 5.29. The first-order valence-corrected chi connectivity index (χ1v) is 7.44. The van der Waals surface area contributed by atoms with E-state index in [2.05, 4.69) is 10.6 Å². The molecule has 1 aromatic heterocycles. The molecule has 0 radical (unpaired) electrons. The van der Waals surface area contributed by atoms with Crippen LogP contribution in [0.5, 0.6) is 0 Å².